The molecule has 11 heavy (non-hydrogen) atoms. The van der Waals surface area contributed by atoms with E-state index in [4.69, 9.17) is 0 Å². The molecule has 0 bridgehead atoms. The van der Waals surface area contributed by atoms with Gasteiger partial charge in [0.05, 0.1) is 0 Å². The highest BCUT2D eigenvalue weighted by Crippen LogP contribution is 2.07. The van der Waals surface area contributed by atoms with Crippen molar-refractivity contribution in [2.45, 2.75) is 65.0 Å². The van der Waals surface area contributed by atoms with Crippen LogP contribution in [0.3, 0.4) is 0 Å². The van der Waals surface area contributed by atoms with E-state index in [0.29, 0.717) is 0 Å². The van der Waals surface area contributed by atoms with Crippen LogP contribution in [0.4, 0.5) is 0 Å². The lowest BCUT2D eigenvalue weighted by Gasteiger charge is -1.98. The van der Waals surface area contributed by atoms with E-state index in [1.54, 1.807) is 0 Å². The Morgan fingerprint density at radius 2 is 1.36 bits per heavy atom. The maximum atomic E-state index is 2.27. The van der Waals surface area contributed by atoms with E-state index >= 15 is 0 Å². The van der Waals surface area contributed by atoms with Crippen molar-refractivity contribution in [1.82, 2.24) is 0 Å². The zero-order valence-electron chi connectivity index (χ0n) is 8.23. The molecule has 0 aromatic carbocycles. The first-order valence-electron chi connectivity index (χ1n) is 5.19. The zero-order chi connectivity index (χ0) is 8.36. The summed E-state index contributed by atoms with van der Waals surface area (Å²) in [6.07, 6.45) is 11.3. The molecule has 0 atom stereocenters. The van der Waals surface area contributed by atoms with Crippen molar-refractivity contribution in [2.75, 3.05) is 0 Å². The van der Waals surface area contributed by atoms with Crippen molar-refractivity contribution in [3.05, 3.63) is 0 Å². The predicted molar refractivity (Wildman–Crippen MR) is 54.4 cm³/mol. The normalized spacial score (nSPS) is 10.0. The molecule has 0 aliphatic rings. The van der Waals surface area contributed by atoms with Crippen LogP contribution in [0, 0.1) is 0 Å². The van der Waals surface area contributed by atoms with Crippen molar-refractivity contribution < 1.29 is 0 Å². The minimum atomic E-state index is 1.31. The lowest BCUT2D eigenvalue weighted by Crippen LogP contribution is -1.82. The maximum Gasteiger partial charge on any atom is 0.105 e. The molecule has 0 unspecified atom stereocenters. The van der Waals surface area contributed by atoms with Gasteiger partial charge in [-0.15, -0.1) is 0 Å². The number of rotatable bonds is 8. The summed E-state index contributed by atoms with van der Waals surface area (Å²) in [5, 5.41) is 0. The molecule has 0 saturated carbocycles. The third kappa shape index (κ3) is 10.1. The van der Waals surface area contributed by atoms with Gasteiger partial charge in [0.1, 0.15) is 7.28 Å². The highest BCUT2D eigenvalue weighted by atomic mass is 13.9. The summed E-state index contributed by atoms with van der Waals surface area (Å²) in [5.74, 6) is 0. The Hall–Kier alpha value is 0.0649. The molecule has 0 nitrogen and oxygen atoms in total. The zero-order valence-corrected chi connectivity index (χ0v) is 8.23. The summed E-state index contributed by atoms with van der Waals surface area (Å²) < 4.78 is 0. The summed E-state index contributed by atoms with van der Waals surface area (Å²) in [6.45, 7) is 4.42. The van der Waals surface area contributed by atoms with Gasteiger partial charge in [0.15, 0.2) is 0 Å². The van der Waals surface area contributed by atoms with E-state index in [1.165, 1.54) is 51.3 Å². The molecule has 0 amide bonds. The van der Waals surface area contributed by atoms with Crippen LogP contribution in [0.5, 0.6) is 0 Å². The Kier molecular flexibility index (Phi) is 10.1. The van der Waals surface area contributed by atoms with Crippen molar-refractivity contribution >= 4 is 7.28 Å². The van der Waals surface area contributed by atoms with Crippen LogP contribution in [-0.2, 0) is 0 Å². The van der Waals surface area contributed by atoms with Gasteiger partial charge in [-0.2, -0.15) is 0 Å². The topological polar surface area (TPSA) is 0 Å². The van der Waals surface area contributed by atoms with E-state index in [2.05, 4.69) is 21.0 Å². The molecule has 0 aromatic heterocycles. The lowest BCUT2D eigenvalue weighted by atomic mass is 9.76. The molecular formula is C10H22B. The second-order valence-corrected chi connectivity index (χ2v) is 3.32. The molecule has 0 aliphatic carbocycles. The summed E-state index contributed by atoms with van der Waals surface area (Å²) >= 11 is 0. The molecule has 0 rings (SSSR count). The van der Waals surface area contributed by atoms with Crippen LogP contribution in [0.15, 0.2) is 0 Å². The molecule has 1 heteroatoms. The van der Waals surface area contributed by atoms with Gasteiger partial charge in [0, 0.05) is 0 Å². The van der Waals surface area contributed by atoms with E-state index in [-0.39, 0.29) is 0 Å². The summed E-state index contributed by atoms with van der Waals surface area (Å²) in [7, 11) is 2.27. The third-order valence-electron chi connectivity index (χ3n) is 2.10. The van der Waals surface area contributed by atoms with Gasteiger partial charge in [0.2, 0.25) is 0 Å². The smallest absolute Gasteiger partial charge is 0.0920 e. The Morgan fingerprint density at radius 3 is 1.91 bits per heavy atom. The first-order chi connectivity index (χ1) is 5.41. The van der Waals surface area contributed by atoms with Crippen molar-refractivity contribution in [3.63, 3.8) is 0 Å². The minimum absolute atomic E-state index is 1.31. The Balaban J connectivity index is 2.69. The average Bonchev–Trinajstić information content (AvgIpc) is 2.03. The van der Waals surface area contributed by atoms with E-state index in [0.717, 1.165) is 0 Å². The molecule has 0 aliphatic heterocycles. The van der Waals surface area contributed by atoms with Crippen molar-refractivity contribution in [2.24, 2.45) is 0 Å². The second-order valence-electron chi connectivity index (χ2n) is 3.32. The minimum Gasteiger partial charge on any atom is -0.0920 e. The summed E-state index contributed by atoms with van der Waals surface area (Å²) in [5.41, 5.74) is 0. The van der Waals surface area contributed by atoms with Crippen LogP contribution >= 0.6 is 0 Å². The fourth-order valence-electron chi connectivity index (χ4n) is 1.31. The summed E-state index contributed by atoms with van der Waals surface area (Å²) in [4.78, 5) is 0. The van der Waals surface area contributed by atoms with Crippen molar-refractivity contribution in [3.8, 4) is 0 Å². The van der Waals surface area contributed by atoms with Gasteiger partial charge in [-0.3, -0.25) is 0 Å². The van der Waals surface area contributed by atoms with Crippen LogP contribution in [0.2, 0.25) is 13.1 Å². The first kappa shape index (κ1) is 11.1. The molecular weight excluding hydrogens is 131 g/mol. The number of hydrogen-bond acceptors (Lipinski definition) is 0. The highest BCUT2D eigenvalue weighted by Gasteiger charge is 1.89. The predicted octanol–water partition coefficient (Wildman–Crippen LogP) is 3.91. The average molecular weight is 153 g/mol. The van der Waals surface area contributed by atoms with Gasteiger partial charge in [0.25, 0.3) is 0 Å². The Morgan fingerprint density at radius 1 is 0.818 bits per heavy atom. The molecule has 0 heterocycles. The van der Waals surface area contributed by atoms with Gasteiger partial charge in [-0.25, -0.2) is 0 Å². The fraction of sp³-hybridized carbons (Fsp3) is 1.00. The molecule has 0 saturated heterocycles. The van der Waals surface area contributed by atoms with E-state index in [1.807, 2.05) is 0 Å². The second kappa shape index (κ2) is 10.1. The fourth-order valence-corrected chi connectivity index (χ4v) is 1.31. The van der Waals surface area contributed by atoms with Crippen molar-refractivity contribution in [1.29, 1.82) is 0 Å². The standard InChI is InChI=1S/C10H22B/c1-3-4-5-6-7-8-9-10-11-2/h3-10H2,1-2H3. The Bertz CT molecular complexity index is 53.9. The number of hydrogen-bond donors (Lipinski definition) is 0. The lowest BCUT2D eigenvalue weighted by molar-refractivity contribution is 0.601. The van der Waals surface area contributed by atoms with Crippen LogP contribution in [0.25, 0.3) is 0 Å². The van der Waals surface area contributed by atoms with E-state index in [9.17, 15) is 0 Å². The largest absolute Gasteiger partial charge is 0.105 e. The molecule has 0 N–H and O–H groups in total. The van der Waals surface area contributed by atoms with Crippen LogP contribution < -0.4 is 0 Å². The van der Waals surface area contributed by atoms with Gasteiger partial charge in [-0.05, 0) is 0 Å². The quantitative estimate of drug-likeness (QED) is 0.366. The molecule has 0 spiro atoms. The highest BCUT2D eigenvalue weighted by molar-refractivity contribution is 6.33. The van der Waals surface area contributed by atoms with Crippen LogP contribution in [0.1, 0.15) is 51.9 Å². The maximum absolute atomic E-state index is 2.27. The van der Waals surface area contributed by atoms with E-state index < -0.39 is 0 Å². The first-order valence-corrected chi connectivity index (χ1v) is 5.19. The Labute approximate surface area is 73.0 Å². The molecule has 65 valence electrons. The van der Waals surface area contributed by atoms with Gasteiger partial charge in [-0.1, -0.05) is 65.0 Å². The van der Waals surface area contributed by atoms with Crippen LogP contribution in [-0.4, -0.2) is 7.28 Å². The molecule has 0 fully saturated rings. The summed E-state index contributed by atoms with van der Waals surface area (Å²) in [6, 6.07) is 0. The molecule has 0 aromatic rings. The van der Waals surface area contributed by atoms with Gasteiger partial charge >= 0.3 is 0 Å². The monoisotopic (exact) mass is 153 g/mol. The van der Waals surface area contributed by atoms with Gasteiger partial charge < -0.3 is 0 Å². The molecule has 1 radical (unpaired) electrons. The number of unbranched alkanes of at least 4 members (excludes halogenated alkanes) is 6. The third-order valence-corrected chi connectivity index (χ3v) is 2.10. The SMILES string of the molecule is C[B]CCCCCCCCC.